The molecule has 1 fully saturated rings. The van der Waals surface area contributed by atoms with E-state index in [2.05, 4.69) is 20.2 Å². The average Bonchev–Trinajstić information content (AvgIpc) is 2.78. The second kappa shape index (κ2) is 8.63. The second-order valence-electron chi connectivity index (χ2n) is 7.29. The van der Waals surface area contributed by atoms with Crippen molar-refractivity contribution in [3.8, 4) is 5.75 Å². The zero-order valence-electron chi connectivity index (χ0n) is 17.8. The number of carbonyl (C=O) groups excluding carboxylic acids is 1. The molecular weight excluding hydrogens is 398 g/mol. The molecule has 1 N–H and O–H groups in total. The number of fused-ring (bicyclic) bond motifs is 1. The predicted octanol–water partition coefficient (Wildman–Crippen LogP) is 2.29. The van der Waals surface area contributed by atoms with Crippen LogP contribution in [0.25, 0.3) is 11.0 Å². The van der Waals surface area contributed by atoms with Crippen LogP contribution in [0.3, 0.4) is 0 Å². The number of hydrogen-bond donors (Lipinski definition) is 1. The lowest BCUT2D eigenvalue weighted by Crippen LogP contribution is -2.49. The molecule has 1 aliphatic heterocycles. The summed E-state index contributed by atoms with van der Waals surface area (Å²) in [7, 11) is 1.51. The summed E-state index contributed by atoms with van der Waals surface area (Å²) >= 11 is 0. The van der Waals surface area contributed by atoms with Gasteiger partial charge in [-0.15, -0.1) is 0 Å². The smallest absolute Gasteiger partial charge is 0.349 e. The number of para-hydroxylation sites is 1. The summed E-state index contributed by atoms with van der Waals surface area (Å²) in [5, 5.41) is 3.86. The zero-order chi connectivity index (χ0) is 22.0. The van der Waals surface area contributed by atoms with Crippen LogP contribution in [0.4, 0.5) is 11.6 Å². The molecule has 1 saturated heterocycles. The second-order valence-corrected chi connectivity index (χ2v) is 7.29. The third-order valence-corrected chi connectivity index (χ3v) is 5.25. The number of aromatic nitrogens is 2. The van der Waals surface area contributed by atoms with Gasteiger partial charge in [-0.1, -0.05) is 12.1 Å². The number of anilines is 2. The van der Waals surface area contributed by atoms with E-state index in [1.807, 2.05) is 19.9 Å². The molecule has 31 heavy (non-hydrogen) atoms. The normalized spacial score (nSPS) is 14.0. The number of nitrogens with one attached hydrogen (secondary N) is 1. The maximum Gasteiger partial charge on any atom is 0.349 e. The minimum absolute atomic E-state index is 0.0292. The number of methoxy groups -OCH3 is 1. The molecule has 0 aliphatic carbocycles. The lowest BCUT2D eigenvalue weighted by atomic mass is 10.1. The fourth-order valence-corrected chi connectivity index (χ4v) is 3.72. The molecule has 3 aromatic rings. The van der Waals surface area contributed by atoms with E-state index in [4.69, 9.17) is 9.15 Å². The van der Waals surface area contributed by atoms with Gasteiger partial charge >= 0.3 is 5.63 Å². The Morgan fingerprint density at radius 3 is 2.68 bits per heavy atom. The molecule has 0 spiro atoms. The van der Waals surface area contributed by atoms with Crippen molar-refractivity contribution in [3.05, 3.63) is 52.1 Å². The van der Waals surface area contributed by atoms with E-state index in [0.717, 1.165) is 18.2 Å². The van der Waals surface area contributed by atoms with Crippen LogP contribution in [0.5, 0.6) is 5.75 Å². The van der Waals surface area contributed by atoms with E-state index in [1.165, 1.54) is 7.11 Å². The first kappa shape index (κ1) is 20.6. The maximum atomic E-state index is 13.0. The van der Waals surface area contributed by atoms with Gasteiger partial charge in [0.1, 0.15) is 23.0 Å². The van der Waals surface area contributed by atoms with Gasteiger partial charge in [0.15, 0.2) is 11.3 Å². The summed E-state index contributed by atoms with van der Waals surface area (Å²) in [5.74, 6) is 2.43. The molecule has 0 saturated carbocycles. The Bertz CT molecular complexity index is 1170. The number of benzene rings is 1. The molecule has 0 atom stereocenters. The van der Waals surface area contributed by atoms with Crippen LogP contribution in [-0.2, 0) is 0 Å². The Kier molecular flexibility index (Phi) is 5.75. The highest BCUT2D eigenvalue weighted by Gasteiger charge is 2.26. The zero-order valence-corrected chi connectivity index (χ0v) is 17.8. The van der Waals surface area contributed by atoms with E-state index in [0.29, 0.717) is 48.7 Å². The highest BCUT2D eigenvalue weighted by atomic mass is 16.5. The van der Waals surface area contributed by atoms with Crippen molar-refractivity contribution >= 4 is 28.5 Å². The summed E-state index contributed by atoms with van der Waals surface area (Å²) in [6, 6.07) is 8.78. The van der Waals surface area contributed by atoms with Gasteiger partial charge in [0.2, 0.25) is 0 Å². The lowest BCUT2D eigenvalue weighted by Gasteiger charge is -2.35. The van der Waals surface area contributed by atoms with Gasteiger partial charge in [-0.3, -0.25) is 4.79 Å². The Hall–Kier alpha value is -3.62. The maximum absolute atomic E-state index is 13.0. The third kappa shape index (κ3) is 4.16. The van der Waals surface area contributed by atoms with Crippen LogP contribution in [-0.4, -0.2) is 60.6 Å². The quantitative estimate of drug-likeness (QED) is 0.624. The number of hydrogen-bond acceptors (Lipinski definition) is 8. The lowest BCUT2D eigenvalue weighted by molar-refractivity contribution is 0.0742. The Labute approximate surface area is 179 Å². The molecule has 1 amide bonds. The Balaban J connectivity index is 1.51. The minimum atomic E-state index is -0.661. The van der Waals surface area contributed by atoms with E-state index < -0.39 is 5.63 Å². The number of amides is 1. The fraction of sp³-hybridized carbons (Fsp3) is 0.364. The molecule has 1 aliphatic rings. The van der Waals surface area contributed by atoms with Gasteiger partial charge in [-0.2, -0.15) is 0 Å². The molecular formula is C22H25N5O4. The van der Waals surface area contributed by atoms with Gasteiger partial charge in [0, 0.05) is 44.2 Å². The number of nitrogens with zero attached hydrogens (tertiary/aromatic N) is 4. The SMILES string of the molecule is CCNc1cc(N2CCN(C(=O)c3cc4cccc(OC)c4oc3=O)CC2)nc(C)n1. The summed E-state index contributed by atoms with van der Waals surface area (Å²) in [6.45, 7) is 6.83. The van der Waals surface area contributed by atoms with Gasteiger partial charge < -0.3 is 24.3 Å². The number of aryl methyl sites for hydroxylation is 1. The first-order valence-corrected chi connectivity index (χ1v) is 10.2. The number of carbonyl (C=O) groups is 1. The van der Waals surface area contributed by atoms with Crippen LogP contribution < -0.4 is 20.6 Å². The Morgan fingerprint density at radius 2 is 1.97 bits per heavy atom. The van der Waals surface area contributed by atoms with Crippen molar-refractivity contribution in [3.63, 3.8) is 0 Å². The van der Waals surface area contributed by atoms with Gasteiger partial charge in [-0.25, -0.2) is 14.8 Å². The topological polar surface area (TPSA) is 101 Å². The van der Waals surface area contributed by atoms with Crippen LogP contribution >= 0.6 is 0 Å². The van der Waals surface area contributed by atoms with Crippen LogP contribution in [0.15, 0.2) is 39.5 Å². The van der Waals surface area contributed by atoms with E-state index in [9.17, 15) is 9.59 Å². The number of rotatable bonds is 5. The van der Waals surface area contributed by atoms with Crippen molar-refractivity contribution in [2.45, 2.75) is 13.8 Å². The molecule has 4 rings (SSSR count). The molecule has 162 valence electrons. The van der Waals surface area contributed by atoms with Crippen LogP contribution in [0.2, 0.25) is 0 Å². The minimum Gasteiger partial charge on any atom is -0.493 e. The van der Waals surface area contributed by atoms with Crippen molar-refractivity contribution in [1.29, 1.82) is 0 Å². The van der Waals surface area contributed by atoms with Crippen molar-refractivity contribution in [2.24, 2.45) is 0 Å². The number of ether oxygens (including phenoxy) is 1. The molecule has 9 heteroatoms. The largest absolute Gasteiger partial charge is 0.493 e. The molecule has 0 radical (unpaired) electrons. The van der Waals surface area contributed by atoms with E-state index in [1.54, 1.807) is 29.2 Å². The average molecular weight is 423 g/mol. The molecule has 1 aromatic carbocycles. The van der Waals surface area contributed by atoms with Crippen molar-refractivity contribution in [2.75, 3.05) is 50.1 Å². The molecule has 0 bridgehead atoms. The van der Waals surface area contributed by atoms with Crippen molar-refractivity contribution in [1.82, 2.24) is 14.9 Å². The van der Waals surface area contributed by atoms with Crippen LogP contribution in [0.1, 0.15) is 23.1 Å². The summed E-state index contributed by atoms with van der Waals surface area (Å²) < 4.78 is 10.6. The van der Waals surface area contributed by atoms with E-state index in [-0.39, 0.29) is 11.5 Å². The van der Waals surface area contributed by atoms with Gasteiger partial charge in [-0.05, 0) is 26.0 Å². The first-order valence-electron chi connectivity index (χ1n) is 10.2. The van der Waals surface area contributed by atoms with E-state index >= 15 is 0 Å². The monoisotopic (exact) mass is 423 g/mol. The molecule has 9 nitrogen and oxygen atoms in total. The third-order valence-electron chi connectivity index (χ3n) is 5.25. The molecule has 2 aromatic heterocycles. The highest BCUT2D eigenvalue weighted by Crippen LogP contribution is 2.25. The van der Waals surface area contributed by atoms with Gasteiger partial charge in [0.25, 0.3) is 5.91 Å². The summed E-state index contributed by atoms with van der Waals surface area (Å²) in [4.78, 5) is 38.2. The predicted molar refractivity (Wildman–Crippen MR) is 118 cm³/mol. The standard InChI is InChI=1S/C22H25N5O4/c1-4-23-18-13-19(25-14(2)24-18)26-8-10-27(11-9-26)21(28)16-12-15-6-5-7-17(30-3)20(15)31-22(16)29/h5-7,12-13H,4,8-11H2,1-3H3,(H,23,24,25). The highest BCUT2D eigenvalue weighted by molar-refractivity contribution is 5.97. The van der Waals surface area contributed by atoms with Crippen LogP contribution in [0, 0.1) is 6.92 Å². The Morgan fingerprint density at radius 1 is 1.19 bits per heavy atom. The molecule has 3 heterocycles. The number of piperazine rings is 1. The summed E-state index contributed by atoms with van der Waals surface area (Å²) in [6.07, 6.45) is 0. The molecule has 0 unspecified atom stereocenters. The van der Waals surface area contributed by atoms with Gasteiger partial charge in [0.05, 0.1) is 7.11 Å². The summed E-state index contributed by atoms with van der Waals surface area (Å²) in [5.41, 5.74) is -0.292. The van der Waals surface area contributed by atoms with Crippen molar-refractivity contribution < 1.29 is 13.9 Å². The first-order chi connectivity index (χ1) is 15.0. The fourth-order valence-electron chi connectivity index (χ4n) is 3.72.